The number of hydrazine groups is 1. The minimum atomic E-state index is 0.231. The highest BCUT2D eigenvalue weighted by Crippen LogP contribution is 2.32. The van der Waals surface area contributed by atoms with Crippen LogP contribution in [0, 0.1) is 11.8 Å². The summed E-state index contributed by atoms with van der Waals surface area (Å²) >= 11 is 0. The van der Waals surface area contributed by atoms with Gasteiger partial charge in [0.15, 0.2) is 0 Å². The summed E-state index contributed by atoms with van der Waals surface area (Å²) in [7, 11) is 0. The predicted molar refractivity (Wildman–Crippen MR) is 78.5 cm³/mol. The van der Waals surface area contributed by atoms with Crippen LogP contribution in [0.3, 0.4) is 0 Å². The van der Waals surface area contributed by atoms with Crippen molar-refractivity contribution in [2.45, 2.75) is 45.6 Å². The van der Waals surface area contributed by atoms with E-state index in [9.17, 15) is 0 Å². The molecule has 0 saturated heterocycles. The summed E-state index contributed by atoms with van der Waals surface area (Å²) in [5.41, 5.74) is 8.19. The molecule has 2 rings (SSSR count). The third-order valence-corrected chi connectivity index (χ3v) is 3.90. The van der Waals surface area contributed by atoms with Gasteiger partial charge in [0.2, 0.25) is 5.95 Å². The van der Waals surface area contributed by atoms with Gasteiger partial charge in [-0.3, -0.25) is 0 Å². The lowest BCUT2D eigenvalue weighted by Gasteiger charge is -2.35. The Balaban J connectivity index is 2.12. The number of rotatable bonds is 4. The van der Waals surface area contributed by atoms with E-state index in [0.29, 0.717) is 23.7 Å². The van der Waals surface area contributed by atoms with E-state index < -0.39 is 0 Å². The second kappa shape index (κ2) is 6.06. The Morgan fingerprint density at radius 1 is 1.21 bits per heavy atom. The molecule has 1 heterocycles. The first-order valence-electron chi connectivity index (χ1n) is 6.98. The van der Waals surface area contributed by atoms with Crippen molar-refractivity contribution in [1.82, 2.24) is 9.97 Å². The van der Waals surface area contributed by atoms with Crippen LogP contribution in [0.15, 0.2) is 6.07 Å². The summed E-state index contributed by atoms with van der Waals surface area (Å²) in [5, 5.41) is 3.50. The predicted octanol–water partition coefficient (Wildman–Crippen LogP) is 1.97. The van der Waals surface area contributed by atoms with Crippen LogP contribution in [0.1, 0.15) is 39.5 Å². The summed E-state index contributed by atoms with van der Waals surface area (Å²) in [5.74, 6) is 8.24. The van der Waals surface area contributed by atoms with E-state index in [0.717, 1.165) is 5.82 Å². The monoisotopic (exact) mass is 264 g/mol. The zero-order valence-corrected chi connectivity index (χ0v) is 11.7. The second-order valence-corrected chi connectivity index (χ2v) is 5.58. The van der Waals surface area contributed by atoms with E-state index in [1.807, 2.05) is 0 Å². The third kappa shape index (κ3) is 3.47. The van der Waals surface area contributed by atoms with Gasteiger partial charge in [0.25, 0.3) is 0 Å². The zero-order chi connectivity index (χ0) is 13.8. The molecule has 19 heavy (non-hydrogen) atoms. The highest BCUT2D eigenvalue weighted by Gasteiger charge is 2.27. The van der Waals surface area contributed by atoms with Crippen molar-refractivity contribution in [1.29, 1.82) is 0 Å². The number of nitrogen functional groups attached to an aromatic ring is 2. The molecule has 0 amide bonds. The number of aromatic nitrogens is 2. The highest BCUT2D eigenvalue weighted by molar-refractivity contribution is 5.50. The number of nitrogens with zero attached hydrogens (tertiary/aromatic N) is 2. The van der Waals surface area contributed by atoms with Crippen molar-refractivity contribution in [3.63, 3.8) is 0 Å². The first-order valence-corrected chi connectivity index (χ1v) is 6.98. The maximum absolute atomic E-state index is 5.68. The van der Waals surface area contributed by atoms with Gasteiger partial charge in [0.1, 0.15) is 11.6 Å². The van der Waals surface area contributed by atoms with Crippen LogP contribution in [0.2, 0.25) is 0 Å². The van der Waals surface area contributed by atoms with Gasteiger partial charge in [-0.25, -0.2) is 5.84 Å². The van der Waals surface area contributed by atoms with Crippen molar-refractivity contribution in [3.8, 4) is 0 Å². The minimum absolute atomic E-state index is 0.231. The van der Waals surface area contributed by atoms with Crippen LogP contribution in [0.25, 0.3) is 0 Å². The van der Waals surface area contributed by atoms with Crippen LogP contribution in [-0.4, -0.2) is 16.0 Å². The fourth-order valence-corrected chi connectivity index (χ4v) is 2.94. The SMILES string of the molecule is CC(C)C1CCCCC1Nc1cc(NN)nc(N)n1. The standard InChI is InChI=1S/C13H24N6/c1-8(2)9-5-3-4-6-10(9)16-11-7-12(19-15)18-13(14)17-11/h7-10H,3-6,15H2,1-2H3,(H4,14,16,17,18,19). The fraction of sp³-hybridized carbons (Fsp3) is 0.692. The van der Waals surface area contributed by atoms with E-state index in [2.05, 4.69) is 34.6 Å². The molecule has 0 aliphatic heterocycles. The van der Waals surface area contributed by atoms with Gasteiger partial charge in [-0.05, 0) is 24.7 Å². The summed E-state index contributed by atoms with van der Waals surface area (Å²) < 4.78 is 0. The zero-order valence-electron chi connectivity index (χ0n) is 11.7. The molecule has 0 aromatic carbocycles. The van der Waals surface area contributed by atoms with Crippen LogP contribution in [0.5, 0.6) is 0 Å². The molecule has 0 bridgehead atoms. The Morgan fingerprint density at radius 3 is 2.58 bits per heavy atom. The fourth-order valence-electron chi connectivity index (χ4n) is 2.94. The van der Waals surface area contributed by atoms with E-state index in [-0.39, 0.29) is 5.95 Å². The van der Waals surface area contributed by atoms with E-state index >= 15 is 0 Å². The van der Waals surface area contributed by atoms with Crippen LogP contribution in [0.4, 0.5) is 17.6 Å². The maximum atomic E-state index is 5.68. The first-order chi connectivity index (χ1) is 9.10. The minimum Gasteiger partial charge on any atom is -0.368 e. The van der Waals surface area contributed by atoms with E-state index in [1.165, 1.54) is 25.7 Å². The largest absolute Gasteiger partial charge is 0.368 e. The first kappa shape index (κ1) is 13.9. The molecule has 106 valence electrons. The van der Waals surface area contributed by atoms with Crippen molar-refractivity contribution in [2.75, 3.05) is 16.5 Å². The van der Waals surface area contributed by atoms with Gasteiger partial charge >= 0.3 is 0 Å². The topological polar surface area (TPSA) is 102 Å². The molecule has 1 fully saturated rings. The molecule has 1 aromatic rings. The Bertz CT molecular complexity index is 420. The van der Waals surface area contributed by atoms with E-state index in [1.54, 1.807) is 6.07 Å². The molecule has 1 aromatic heterocycles. The number of anilines is 3. The summed E-state index contributed by atoms with van der Waals surface area (Å²) in [6.45, 7) is 4.57. The molecular weight excluding hydrogens is 240 g/mol. The Morgan fingerprint density at radius 2 is 1.89 bits per heavy atom. The summed E-state index contributed by atoms with van der Waals surface area (Å²) in [4.78, 5) is 8.22. The molecule has 2 atom stereocenters. The molecule has 0 spiro atoms. The lowest BCUT2D eigenvalue weighted by Crippen LogP contribution is -2.35. The van der Waals surface area contributed by atoms with E-state index in [4.69, 9.17) is 11.6 Å². The molecule has 0 radical (unpaired) electrons. The van der Waals surface area contributed by atoms with Gasteiger partial charge in [0, 0.05) is 12.1 Å². The van der Waals surface area contributed by atoms with Gasteiger partial charge in [0.05, 0.1) is 0 Å². The summed E-state index contributed by atoms with van der Waals surface area (Å²) in [6, 6.07) is 2.25. The Hall–Kier alpha value is -1.56. The van der Waals surface area contributed by atoms with Crippen molar-refractivity contribution >= 4 is 17.6 Å². The quantitative estimate of drug-likeness (QED) is 0.490. The van der Waals surface area contributed by atoms with Gasteiger partial charge < -0.3 is 16.5 Å². The molecule has 1 aliphatic carbocycles. The van der Waals surface area contributed by atoms with Crippen LogP contribution in [-0.2, 0) is 0 Å². The molecule has 6 N–H and O–H groups in total. The van der Waals surface area contributed by atoms with Crippen LogP contribution < -0.4 is 22.3 Å². The molecule has 1 aliphatic rings. The number of hydrogen-bond acceptors (Lipinski definition) is 6. The average Bonchev–Trinajstić information content (AvgIpc) is 2.38. The smallest absolute Gasteiger partial charge is 0.223 e. The lowest BCUT2D eigenvalue weighted by atomic mass is 9.78. The molecular formula is C13H24N6. The highest BCUT2D eigenvalue weighted by atomic mass is 15.3. The molecule has 2 unspecified atom stereocenters. The number of nitrogens with one attached hydrogen (secondary N) is 2. The average molecular weight is 264 g/mol. The number of hydrogen-bond donors (Lipinski definition) is 4. The second-order valence-electron chi connectivity index (χ2n) is 5.58. The third-order valence-electron chi connectivity index (χ3n) is 3.90. The maximum Gasteiger partial charge on any atom is 0.223 e. The molecule has 1 saturated carbocycles. The van der Waals surface area contributed by atoms with Gasteiger partial charge in [-0.1, -0.05) is 26.7 Å². The normalized spacial score (nSPS) is 23.4. The molecule has 6 heteroatoms. The Labute approximate surface area is 114 Å². The summed E-state index contributed by atoms with van der Waals surface area (Å²) in [6.07, 6.45) is 5.04. The van der Waals surface area contributed by atoms with Crippen molar-refractivity contribution in [2.24, 2.45) is 17.7 Å². The van der Waals surface area contributed by atoms with Crippen LogP contribution >= 0.6 is 0 Å². The van der Waals surface area contributed by atoms with Gasteiger partial charge in [-0.15, -0.1) is 0 Å². The van der Waals surface area contributed by atoms with Crippen molar-refractivity contribution < 1.29 is 0 Å². The molecule has 6 nitrogen and oxygen atoms in total. The number of nitrogens with two attached hydrogens (primary N) is 2. The lowest BCUT2D eigenvalue weighted by molar-refractivity contribution is 0.253. The Kier molecular flexibility index (Phi) is 4.42. The van der Waals surface area contributed by atoms with Crippen molar-refractivity contribution in [3.05, 3.63) is 6.07 Å². The van der Waals surface area contributed by atoms with Gasteiger partial charge in [-0.2, -0.15) is 9.97 Å².